The van der Waals surface area contributed by atoms with Crippen molar-refractivity contribution in [3.05, 3.63) is 22.7 Å². The van der Waals surface area contributed by atoms with E-state index in [0.29, 0.717) is 13.0 Å². The van der Waals surface area contributed by atoms with Crippen molar-refractivity contribution in [3.8, 4) is 0 Å². The van der Waals surface area contributed by atoms with Crippen molar-refractivity contribution in [2.75, 3.05) is 18.9 Å². The molecule has 0 spiro atoms. The summed E-state index contributed by atoms with van der Waals surface area (Å²) < 4.78 is 12.6. The van der Waals surface area contributed by atoms with Crippen LogP contribution in [-0.4, -0.2) is 40.1 Å². The molecule has 17 heavy (non-hydrogen) atoms. The Bertz CT molecular complexity index is 503. The number of rotatable bonds is 2. The van der Waals surface area contributed by atoms with Gasteiger partial charge in [-0.25, -0.2) is 4.79 Å². The van der Waals surface area contributed by atoms with Crippen molar-refractivity contribution in [2.45, 2.75) is 24.4 Å². The highest BCUT2D eigenvalue weighted by Crippen LogP contribution is 2.42. The minimum absolute atomic E-state index is 0.121. The Morgan fingerprint density at radius 2 is 2.53 bits per heavy atom. The van der Waals surface area contributed by atoms with Crippen molar-refractivity contribution < 1.29 is 14.6 Å². The molecule has 2 bridgehead atoms. The van der Waals surface area contributed by atoms with Crippen LogP contribution in [0, 0.1) is 0 Å². The van der Waals surface area contributed by atoms with Gasteiger partial charge in [0.2, 0.25) is 0 Å². The van der Waals surface area contributed by atoms with E-state index in [2.05, 4.69) is 4.98 Å². The molecule has 0 aromatic carbocycles. The maximum atomic E-state index is 11.8. The van der Waals surface area contributed by atoms with Crippen molar-refractivity contribution >= 4 is 5.82 Å². The molecule has 2 saturated heterocycles. The first-order valence-electron chi connectivity index (χ1n) is 5.40. The quantitative estimate of drug-likeness (QED) is 0.662. The van der Waals surface area contributed by atoms with E-state index in [1.165, 1.54) is 4.57 Å². The minimum atomic E-state index is -0.837. The van der Waals surface area contributed by atoms with Crippen LogP contribution in [0.4, 0.5) is 5.82 Å². The van der Waals surface area contributed by atoms with E-state index in [1.807, 2.05) is 0 Å². The van der Waals surface area contributed by atoms with Crippen LogP contribution >= 0.6 is 0 Å². The van der Waals surface area contributed by atoms with Gasteiger partial charge in [-0.3, -0.25) is 4.57 Å². The first kappa shape index (κ1) is 10.7. The third kappa shape index (κ3) is 1.47. The van der Waals surface area contributed by atoms with E-state index in [4.69, 9.17) is 20.3 Å². The summed E-state index contributed by atoms with van der Waals surface area (Å²) in [6.45, 7) is 0.170. The Kier molecular flexibility index (Phi) is 2.22. The Hall–Kier alpha value is -1.44. The highest BCUT2D eigenvalue weighted by Gasteiger charge is 2.54. The topological polar surface area (TPSA) is 99.6 Å². The summed E-state index contributed by atoms with van der Waals surface area (Å²) in [5, 5.41) is 9.13. The largest absolute Gasteiger partial charge is 0.394 e. The first-order valence-corrected chi connectivity index (χ1v) is 5.40. The average molecular weight is 239 g/mol. The predicted octanol–water partition coefficient (Wildman–Crippen LogP) is -1.34. The molecule has 3 heterocycles. The van der Waals surface area contributed by atoms with E-state index in [9.17, 15) is 4.79 Å². The van der Waals surface area contributed by atoms with Crippen LogP contribution in [0.15, 0.2) is 17.1 Å². The molecule has 7 heteroatoms. The zero-order chi connectivity index (χ0) is 12.0. The Balaban J connectivity index is 2.02. The second-order valence-electron chi connectivity index (χ2n) is 4.34. The first-order chi connectivity index (χ1) is 8.14. The molecule has 3 atom stereocenters. The van der Waals surface area contributed by atoms with Gasteiger partial charge < -0.3 is 20.3 Å². The van der Waals surface area contributed by atoms with Gasteiger partial charge in [0.15, 0.2) is 5.72 Å². The van der Waals surface area contributed by atoms with Crippen LogP contribution in [0.25, 0.3) is 0 Å². The fourth-order valence-corrected chi connectivity index (χ4v) is 2.45. The smallest absolute Gasteiger partial charge is 0.351 e. The molecule has 1 aromatic rings. The molecule has 2 aliphatic rings. The van der Waals surface area contributed by atoms with E-state index < -0.39 is 11.4 Å². The van der Waals surface area contributed by atoms with Gasteiger partial charge in [0.1, 0.15) is 11.9 Å². The van der Waals surface area contributed by atoms with Gasteiger partial charge in [-0.15, -0.1) is 0 Å². The number of aliphatic hydroxyl groups is 1. The number of anilines is 1. The third-order valence-corrected chi connectivity index (χ3v) is 3.27. The van der Waals surface area contributed by atoms with Gasteiger partial charge >= 0.3 is 5.69 Å². The van der Waals surface area contributed by atoms with Gasteiger partial charge in [0, 0.05) is 12.6 Å². The van der Waals surface area contributed by atoms with Gasteiger partial charge in [0.25, 0.3) is 0 Å². The van der Waals surface area contributed by atoms with Crippen LogP contribution in [0.3, 0.4) is 0 Å². The molecular formula is C10H13N3O4. The molecule has 92 valence electrons. The SMILES string of the molecule is Nc1ccn([C@@]23CO[C@@H](C2)[C@@H](CO)O3)c(=O)n1. The van der Waals surface area contributed by atoms with Crippen molar-refractivity contribution in [2.24, 2.45) is 0 Å². The van der Waals surface area contributed by atoms with Crippen LogP contribution in [-0.2, 0) is 15.2 Å². The van der Waals surface area contributed by atoms with Crippen LogP contribution in [0.2, 0.25) is 0 Å². The summed E-state index contributed by atoms with van der Waals surface area (Å²) in [4.78, 5) is 15.4. The number of aliphatic hydroxyl groups excluding tert-OH is 1. The van der Waals surface area contributed by atoms with Crippen LogP contribution in [0.5, 0.6) is 0 Å². The molecule has 2 fully saturated rings. The number of hydrogen-bond acceptors (Lipinski definition) is 6. The van der Waals surface area contributed by atoms with Gasteiger partial charge in [0.05, 0.1) is 19.3 Å². The van der Waals surface area contributed by atoms with Crippen LogP contribution < -0.4 is 11.4 Å². The summed E-state index contributed by atoms with van der Waals surface area (Å²) in [7, 11) is 0. The van der Waals surface area contributed by atoms with Crippen molar-refractivity contribution in [1.29, 1.82) is 0 Å². The fourth-order valence-electron chi connectivity index (χ4n) is 2.45. The number of fused-ring (bicyclic) bond motifs is 2. The predicted molar refractivity (Wildman–Crippen MR) is 57.2 cm³/mol. The van der Waals surface area contributed by atoms with E-state index in [0.717, 1.165) is 0 Å². The van der Waals surface area contributed by atoms with Gasteiger partial charge in [-0.05, 0) is 6.07 Å². The van der Waals surface area contributed by atoms with Crippen molar-refractivity contribution in [1.82, 2.24) is 9.55 Å². The van der Waals surface area contributed by atoms with E-state index in [1.54, 1.807) is 12.3 Å². The Morgan fingerprint density at radius 1 is 1.71 bits per heavy atom. The highest BCUT2D eigenvalue weighted by atomic mass is 16.6. The number of nitrogens with two attached hydrogens (primary N) is 1. The summed E-state index contributed by atoms with van der Waals surface area (Å²) >= 11 is 0. The molecule has 0 unspecified atom stereocenters. The summed E-state index contributed by atoms with van der Waals surface area (Å²) in [6.07, 6.45) is 1.55. The van der Waals surface area contributed by atoms with E-state index in [-0.39, 0.29) is 24.6 Å². The summed E-state index contributed by atoms with van der Waals surface area (Å²) in [6, 6.07) is 1.54. The molecule has 0 saturated carbocycles. The number of ether oxygens (including phenoxy) is 2. The summed E-state index contributed by atoms with van der Waals surface area (Å²) in [5.41, 5.74) is 4.14. The molecule has 0 aliphatic carbocycles. The molecule has 1 aromatic heterocycles. The lowest BCUT2D eigenvalue weighted by atomic mass is 10.1. The molecule has 0 radical (unpaired) electrons. The monoisotopic (exact) mass is 239 g/mol. The lowest BCUT2D eigenvalue weighted by Crippen LogP contribution is -2.46. The maximum absolute atomic E-state index is 11.8. The number of nitrogen functional groups attached to an aromatic ring is 1. The third-order valence-electron chi connectivity index (χ3n) is 3.27. The highest BCUT2D eigenvalue weighted by molar-refractivity contribution is 5.24. The van der Waals surface area contributed by atoms with Gasteiger partial charge in [-0.1, -0.05) is 0 Å². The molecular weight excluding hydrogens is 226 g/mol. The summed E-state index contributed by atoms with van der Waals surface area (Å²) in [5.74, 6) is 0.176. The fraction of sp³-hybridized carbons (Fsp3) is 0.600. The minimum Gasteiger partial charge on any atom is -0.394 e. The van der Waals surface area contributed by atoms with E-state index >= 15 is 0 Å². The zero-order valence-corrected chi connectivity index (χ0v) is 9.07. The van der Waals surface area contributed by atoms with Gasteiger partial charge in [-0.2, -0.15) is 4.98 Å². The Labute approximate surface area is 96.8 Å². The standard InChI is InChI=1S/C10H13N3O4/c11-8-1-2-13(9(15)12-8)10-3-6(16-5-10)7(4-14)17-10/h1-2,6-7,14H,3-5H2,(H2,11,12,15)/t6-,7+,10-/m0/s1. The molecule has 3 rings (SSSR count). The molecule has 3 N–H and O–H groups in total. The lowest BCUT2D eigenvalue weighted by molar-refractivity contribution is -0.189. The maximum Gasteiger partial charge on any atom is 0.351 e. The number of hydrogen-bond donors (Lipinski definition) is 2. The second-order valence-corrected chi connectivity index (χ2v) is 4.34. The molecule has 2 aliphatic heterocycles. The zero-order valence-electron chi connectivity index (χ0n) is 9.07. The number of aromatic nitrogens is 2. The number of nitrogens with zero attached hydrogens (tertiary/aromatic N) is 2. The lowest BCUT2D eigenvalue weighted by Gasteiger charge is -2.31. The molecule has 7 nitrogen and oxygen atoms in total. The average Bonchev–Trinajstić information content (AvgIpc) is 2.86. The van der Waals surface area contributed by atoms with Crippen molar-refractivity contribution in [3.63, 3.8) is 0 Å². The van der Waals surface area contributed by atoms with Crippen LogP contribution in [0.1, 0.15) is 6.42 Å². The second kappa shape index (κ2) is 3.52. The Morgan fingerprint density at radius 3 is 3.18 bits per heavy atom. The molecule has 0 amide bonds. The normalized spacial score (nSPS) is 35.4.